The first-order valence-corrected chi connectivity index (χ1v) is 8.40. The molecule has 1 unspecified atom stereocenters. The molecule has 0 saturated carbocycles. The molecule has 1 atom stereocenters. The minimum atomic E-state index is -3.55. The monoisotopic (exact) mass is 322 g/mol. The molecule has 0 saturated heterocycles. The first-order valence-electron chi connectivity index (χ1n) is 6.57. The van der Waals surface area contributed by atoms with Crippen molar-refractivity contribution in [1.82, 2.24) is 10.2 Å². The Balaban J connectivity index is 4.90. The Hall–Kier alpha value is -1.64. The molecule has 0 aromatic heterocycles. The van der Waals surface area contributed by atoms with Crippen LogP contribution in [-0.2, 0) is 24.2 Å². The van der Waals surface area contributed by atoms with Crippen LogP contribution < -0.4 is 5.32 Å². The third-order valence-corrected chi connectivity index (χ3v) is 4.45. The van der Waals surface area contributed by atoms with Crippen LogP contribution in [0, 0.1) is 0 Å². The second-order valence-corrected chi connectivity index (χ2v) is 6.86. The fourth-order valence-electron chi connectivity index (χ4n) is 1.67. The molecule has 0 aliphatic carbocycles. The van der Waals surface area contributed by atoms with Crippen LogP contribution in [0.4, 0.5) is 0 Å². The number of carboxylic acids is 1. The average Bonchev–Trinajstić information content (AvgIpc) is 2.32. The average molecular weight is 322 g/mol. The summed E-state index contributed by atoms with van der Waals surface area (Å²) < 4.78 is 23.3. The van der Waals surface area contributed by atoms with E-state index in [4.69, 9.17) is 5.11 Å². The summed E-state index contributed by atoms with van der Waals surface area (Å²) in [6.45, 7) is 4.26. The van der Waals surface area contributed by atoms with Crippen LogP contribution in [0.3, 0.4) is 0 Å². The van der Waals surface area contributed by atoms with Gasteiger partial charge in [0.05, 0.1) is 5.75 Å². The maximum Gasteiger partial charge on any atom is 0.326 e. The summed E-state index contributed by atoms with van der Waals surface area (Å²) in [5, 5.41) is 11.4. The lowest BCUT2D eigenvalue weighted by atomic mass is 10.3. The molecule has 0 aromatic carbocycles. The van der Waals surface area contributed by atoms with Crippen LogP contribution in [0.1, 0.15) is 27.2 Å². The van der Waals surface area contributed by atoms with Gasteiger partial charge in [0.15, 0.2) is 9.84 Å². The fraction of sp³-hybridized carbons (Fsp3) is 0.750. The van der Waals surface area contributed by atoms with Gasteiger partial charge in [-0.2, -0.15) is 0 Å². The van der Waals surface area contributed by atoms with Crippen molar-refractivity contribution in [2.45, 2.75) is 33.2 Å². The number of hydrogen-bond donors (Lipinski definition) is 2. The topological polar surface area (TPSA) is 121 Å². The smallest absolute Gasteiger partial charge is 0.326 e. The van der Waals surface area contributed by atoms with Crippen molar-refractivity contribution in [3.05, 3.63) is 0 Å². The zero-order valence-corrected chi connectivity index (χ0v) is 13.3. The van der Waals surface area contributed by atoms with Crippen molar-refractivity contribution in [1.29, 1.82) is 0 Å². The van der Waals surface area contributed by atoms with Gasteiger partial charge in [0.1, 0.15) is 11.8 Å². The van der Waals surface area contributed by atoms with Gasteiger partial charge in [-0.05, 0) is 13.3 Å². The van der Waals surface area contributed by atoms with Crippen molar-refractivity contribution in [2.75, 3.05) is 24.6 Å². The number of carbonyl (C=O) groups excluding carboxylic acids is 2. The normalized spacial score (nSPS) is 12.5. The summed E-state index contributed by atoms with van der Waals surface area (Å²) in [5.41, 5.74) is 0. The maximum atomic E-state index is 12.0. The summed E-state index contributed by atoms with van der Waals surface area (Å²) >= 11 is 0. The van der Waals surface area contributed by atoms with Gasteiger partial charge < -0.3 is 15.3 Å². The summed E-state index contributed by atoms with van der Waals surface area (Å²) in [5.74, 6) is -3.18. The number of hydrogen-bond acceptors (Lipinski definition) is 5. The SMILES string of the molecule is CCCS(=O)(=O)CC(=O)N(CCNC(C)=O)C(C)C(=O)O. The molecule has 2 amide bonds. The number of sulfone groups is 1. The molecule has 0 bridgehead atoms. The lowest BCUT2D eigenvalue weighted by Crippen LogP contribution is -2.48. The number of carbonyl (C=O) groups is 3. The molecular weight excluding hydrogens is 300 g/mol. The molecule has 0 spiro atoms. The molecule has 0 aromatic rings. The van der Waals surface area contributed by atoms with Crippen LogP contribution >= 0.6 is 0 Å². The van der Waals surface area contributed by atoms with E-state index in [2.05, 4.69) is 5.32 Å². The summed E-state index contributed by atoms with van der Waals surface area (Å²) in [6, 6.07) is -1.16. The minimum absolute atomic E-state index is 0.0620. The van der Waals surface area contributed by atoms with Gasteiger partial charge in [-0.15, -0.1) is 0 Å². The second kappa shape index (κ2) is 8.60. The van der Waals surface area contributed by atoms with E-state index in [0.29, 0.717) is 6.42 Å². The van der Waals surface area contributed by atoms with Crippen molar-refractivity contribution < 1.29 is 27.9 Å². The first-order chi connectivity index (χ1) is 9.60. The van der Waals surface area contributed by atoms with Crippen molar-refractivity contribution in [2.24, 2.45) is 0 Å². The highest BCUT2D eigenvalue weighted by Gasteiger charge is 2.28. The van der Waals surface area contributed by atoms with Crippen LogP contribution in [0.25, 0.3) is 0 Å². The summed E-state index contributed by atoms with van der Waals surface area (Å²) in [6.07, 6.45) is 0.385. The van der Waals surface area contributed by atoms with Gasteiger partial charge in [-0.25, -0.2) is 13.2 Å². The Morgan fingerprint density at radius 1 is 1.29 bits per heavy atom. The Bertz CT molecular complexity index is 488. The quantitative estimate of drug-likeness (QED) is 0.576. The Morgan fingerprint density at radius 3 is 2.29 bits per heavy atom. The number of carboxylic acid groups (broad SMARTS) is 1. The van der Waals surface area contributed by atoms with Gasteiger partial charge in [0, 0.05) is 20.0 Å². The largest absolute Gasteiger partial charge is 0.480 e. The lowest BCUT2D eigenvalue weighted by molar-refractivity contribution is -0.148. The summed E-state index contributed by atoms with van der Waals surface area (Å²) in [7, 11) is -3.55. The van der Waals surface area contributed by atoms with Crippen molar-refractivity contribution >= 4 is 27.6 Å². The zero-order chi connectivity index (χ0) is 16.6. The van der Waals surface area contributed by atoms with Gasteiger partial charge in [-0.1, -0.05) is 6.92 Å². The van der Waals surface area contributed by atoms with E-state index in [9.17, 15) is 22.8 Å². The highest BCUT2D eigenvalue weighted by molar-refractivity contribution is 7.92. The molecular formula is C12H22N2O6S. The molecule has 122 valence electrons. The van der Waals surface area contributed by atoms with Crippen LogP contribution in [0.15, 0.2) is 0 Å². The molecule has 0 radical (unpaired) electrons. The van der Waals surface area contributed by atoms with E-state index in [1.165, 1.54) is 13.8 Å². The predicted octanol–water partition coefficient (Wildman–Crippen LogP) is -0.751. The van der Waals surface area contributed by atoms with Gasteiger partial charge in [0.2, 0.25) is 11.8 Å². The van der Waals surface area contributed by atoms with E-state index in [0.717, 1.165) is 4.90 Å². The summed E-state index contributed by atoms with van der Waals surface area (Å²) in [4.78, 5) is 34.8. The lowest BCUT2D eigenvalue weighted by Gasteiger charge is -2.26. The van der Waals surface area contributed by atoms with Gasteiger partial charge in [-0.3, -0.25) is 9.59 Å². The van der Waals surface area contributed by atoms with E-state index < -0.39 is 33.5 Å². The van der Waals surface area contributed by atoms with Crippen LogP contribution in [0.2, 0.25) is 0 Å². The maximum absolute atomic E-state index is 12.0. The molecule has 0 rings (SSSR count). The number of amides is 2. The molecule has 0 heterocycles. The molecule has 0 aliphatic rings. The second-order valence-electron chi connectivity index (χ2n) is 4.68. The standard InChI is InChI=1S/C12H22N2O6S/c1-4-7-21(19,20)8-11(16)14(9(2)12(17)18)6-5-13-10(3)15/h9H,4-8H2,1-3H3,(H,13,15)(H,17,18). The Morgan fingerprint density at radius 2 is 1.86 bits per heavy atom. The van der Waals surface area contributed by atoms with E-state index in [-0.39, 0.29) is 24.7 Å². The number of aliphatic carboxylic acids is 1. The van der Waals surface area contributed by atoms with Gasteiger partial charge in [0.25, 0.3) is 0 Å². The zero-order valence-electron chi connectivity index (χ0n) is 12.5. The Kier molecular flexibility index (Phi) is 7.93. The minimum Gasteiger partial charge on any atom is -0.480 e. The molecule has 21 heavy (non-hydrogen) atoms. The van der Waals surface area contributed by atoms with Gasteiger partial charge >= 0.3 is 5.97 Å². The highest BCUT2D eigenvalue weighted by atomic mass is 32.2. The molecule has 8 nitrogen and oxygen atoms in total. The van der Waals surface area contributed by atoms with Crippen LogP contribution in [-0.4, -0.2) is 66.8 Å². The molecule has 0 fully saturated rings. The highest BCUT2D eigenvalue weighted by Crippen LogP contribution is 2.04. The number of rotatable bonds is 9. The molecule has 9 heteroatoms. The molecule has 2 N–H and O–H groups in total. The third kappa shape index (κ3) is 7.64. The number of nitrogens with one attached hydrogen (secondary N) is 1. The Labute approximate surface area is 124 Å². The van der Waals surface area contributed by atoms with E-state index in [1.54, 1.807) is 6.92 Å². The van der Waals surface area contributed by atoms with Crippen LogP contribution in [0.5, 0.6) is 0 Å². The molecule has 0 aliphatic heterocycles. The fourth-order valence-corrected chi connectivity index (χ4v) is 2.98. The van der Waals surface area contributed by atoms with Crippen molar-refractivity contribution in [3.8, 4) is 0 Å². The van der Waals surface area contributed by atoms with E-state index in [1.807, 2.05) is 0 Å². The third-order valence-electron chi connectivity index (χ3n) is 2.73. The van der Waals surface area contributed by atoms with E-state index >= 15 is 0 Å². The number of nitrogens with zero attached hydrogens (tertiary/aromatic N) is 1. The first kappa shape index (κ1) is 19.4. The predicted molar refractivity (Wildman–Crippen MR) is 76.4 cm³/mol. The van der Waals surface area contributed by atoms with Crippen molar-refractivity contribution in [3.63, 3.8) is 0 Å².